The molecule has 6 nitrogen and oxygen atoms in total. The van der Waals surface area contributed by atoms with Crippen LogP contribution in [0, 0.1) is 17.2 Å². The van der Waals surface area contributed by atoms with E-state index in [-0.39, 0.29) is 30.5 Å². The fourth-order valence-electron chi connectivity index (χ4n) is 2.75. The van der Waals surface area contributed by atoms with Crippen molar-refractivity contribution in [3.63, 3.8) is 0 Å². The number of hydrogen-bond acceptors (Lipinski definition) is 5. The van der Waals surface area contributed by atoms with Gasteiger partial charge >= 0.3 is 0 Å². The molecule has 0 radical (unpaired) electrons. The van der Waals surface area contributed by atoms with Crippen molar-refractivity contribution < 1.29 is 14.6 Å². The van der Waals surface area contributed by atoms with E-state index in [2.05, 4.69) is 30.6 Å². The Kier molecular flexibility index (Phi) is 12.6. The quantitative estimate of drug-likeness (QED) is 0.492. The summed E-state index contributed by atoms with van der Waals surface area (Å²) in [7, 11) is 0. The third-order valence-electron chi connectivity index (χ3n) is 4.62. The Balaban J connectivity index is 0.00000784. The number of aliphatic hydroxyl groups is 1. The van der Waals surface area contributed by atoms with Crippen LogP contribution in [0.2, 0.25) is 0 Å². The monoisotopic (exact) mass is 425 g/mol. The first-order valence-corrected chi connectivity index (χ1v) is 10.1. The molecule has 1 amide bonds. The van der Waals surface area contributed by atoms with Crippen LogP contribution >= 0.6 is 12.4 Å². The number of ether oxygens (including phenoxy) is 1. The maximum Gasteiger partial charge on any atom is 0.224 e. The highest BCUT2D eigenvalue weighted by molar-refractivity contribution is 5.91. The van der Waals surface area contributed by atoms with Crippen LogP contribution in [0.3, 0.4) is 0 Å². The normalized spacial score (nSPS) is 12.1. The van der Waals surface area contributed by atoms with Crippen LogP contribution in [-0.4, -0.2) is 35.8 Å². The summed E-state index contributed by atoms with van der Waals surface area (Å²) >= 11 is 0. The summed E-state index contributed by atoms with van der Waals surface area (Å²) in [4.78, 5) is 12.1. The van der Waals surface area contributed by atoms with Crippen LogP contribution in [-0.2, 0) is 4.79 Å². The molecule has 1 aromatic rings. The second-order valence-electron chi connectivity index (χ2n) is 8.19. The summed E-state index contributed by atoms with van der Waals surface area (Å²) < 4.78 is 5.60. The van der Waals surface area contributed by atoms with Gasteiger partial charge in [0.05, 0.1) is 5.56 Å². The molecule has 0 aliphatic carbocycles. The number of carbonyl (C=O) groups is 1. The Morgan fingerprint density at radius 3 is 2.48 bits per heavy atom. The Bertz CT molecular complexity index is 664. The van der Waals surface area contributed by atoms with E-state index in [1.165, 1.54) is 0 Å². The van der Waals surface area contributed by atoms with Crippen LogP contribution in [0.4, 0.5) is 5.69 Å². The van der Waals surface area contributed by atoms with Crippen molar-refractivity contribution in [2.75, 3.05) is 18.5 Å². The SMILES string of the molecule is CCC(CC)CCC(=O)Nc1ccc(OCC(O)CNC(C)(C)C)c(C#N)c1.Cl. The molecule has 0 spiro atoms. The first kappa shape index (κ1) is 27.2. The summed E-state index contributed by atoms with van der Waals surface area (Å²) in [6, 6.07) is 7.05. The second kappa shape index (κ2) is 13.4. The molecule has 0 saturated heterocycles. The number of nitrogens with one attached hydrogen (secondary N) is 2. The van der Waals surface area contributed by atoms with Gasteiger partial charge in [0.25, 0.3) is 0 Å². The Labute approximate surface area is 181 Å². The van der Waals surface area contributed by atoms with Crippen LogP contribution in [0.25, 0.3) is 0 Å². The van der Waals surface area contributed by atoms with Crippen molar-refractivity contribution in [3.8, 4) is 11.8 Å². The molecule has 0 heterocycles. The summed E-state index contributed by atoms with van der Waals surface area (Å²) in [6.07, 6.45) is 2.80. The van der Waals surface area contributed by atoms with E-state index in [1.54, 1.807) is 18.2 Å². The lowest BCUT2D eigenvalue weighted by Gasteiger charge is -2.23. The van der Waals surface area contributed by atoms with E-state index in [9.17, 15) is 15.2 Å². The van der Waals surface area contributed by atoms with E-state index >= 15 is 0 Å². The zero-order valence-electron chi connectivity index (χ0n) is 18.2. The van der Waals surface area contributed by atoms with Crippen molar-refractivity contribution >= 4 is 24.0 Å². The number of nitrogens with zero attached hydrogens (tertiary/aromatic N) is 1. The lowest BCUT2D eigenvalue weighted by molar-refractivity contribution is -0.116. The maximum atomic E-state index is 12.1. The van der Waals surface area contributed by atoms with E-state index in [0.29, 0.717) is 35.9 Å². The van der Waals surface area contributed by atoms with Gasteiger partial charge < -0.3 is 20.5 Å². The summed E-state index contributed by atoms with van der Waals surface area (Å²) in [6.45, 7) is 10.8. The number of β-amino-alcohol motifs (C(OH)–C–C–N with tert-alkyl or cyclic N) is 1. The third kappa shape index (κ3) is 11.1. The molecule has 0 bridgehead atoms. The average Bonchev–Trinajstić information content (AvgIpc) is 2.65. The van der Waals surface area contributed by atoms with Gasteiger partial charge in [0.1, 0.15) is 24.5 Å². The maximum absolute atomic E-state index is 12.1. The van der Waals surface area contributed by atoms with Gasteiger partial charge in [0.15, 0.2) is 0 Å². The summed E-state index contributed by atoms with van der Waals surface area (Å²) in [5.74, 6) is 0.913. The molecule has 0 saturated carbocycles. The Morgan fingerprint density at radius 2 is 1.93 bits per heavy atom. The Hall–Kier alpha value is -1.81. The number of rotatable bonds is 11. The molecular formula is C22H36ClN3O3. The highest BCUT2D eigenvalue weighted by Gasteiger charge is 2.14. The molecule has 7 heteroatoms. The van der Waals surface area contributed by atoms with Crippen molar-refractivity contribution in [2.45, 2.75) is 71.9 Å². The second-order valence-corrected chi connectivity index (χ2v) is 8.19. The molecule has 1 aromatic carbocycles. The van der Waals surface area contributed by atoms with E-state index in [1.807, 2.05) is 20.8 Å². The van der Waals surface area contributed by atoms with Gasteiger partial charge in [0.2, 0.25) is 5.91 Å². The van der Waals surface area contributed by atoms with Crippen LogP contribution in [0.5, 0.6) is 5.75 Å². The molecule has 1 unspecified atom stereocenters. The zero-order valence-corrected chi connectivity index (χ0v) is 19.1. The smallest absolute Gasteiger partial charge is 0.224 e. The molecule has 29 heavy (non-hydrogen) atoms. The zero-order chi connectivity index (χ0) is 21.2. The minimum atomic E-state index is -0.685. The van der Waals surface area contributed by atoms with Crippen LogP contribution in [0.15, 0.2) is 18.2 Å². The highest BCUT2D eigenvalue weighted by atomic mass is 35.5. The molecule has 0 aromatic heterocycles. The lowest BCUT2D eigenvalue weighted by atomic mass is 9.97. The molecule has 0 aliphatic heterocycles. The van der Waals surface area contributed by atoms with E-state index < -0.39 is 6.10 Å². The minimum Gasteiger partial charge on any atom is -0.489 e. The Morgan fingerprint density at radius 1 is 1.28 bits per heavy atom. The molecule has 0 aliphatic rings. The fourth-order valence-corrected chi connectivity index (χ4v) is 2.75. The van der Waals surface area contributed by atoms with Gasteiger partial charge in [-0.15, -0.1) is 12.4 Å². The van der Waals surface area contributed by atoms with E-state index in [0.717, 1.165) is 19.3 Å². The number of amides is 1. The summed E-state index contributed by atoms with van der Waals surface area (Å²) in [5.41, 5.74) is 0.814. The number of anilines is 1. The number of aliphatic hydroxyl groups excluding tert-OH is 1. The lowest BCUT2D eigenvalue weighted by Crippen LogP contribution is -2.42. The predicted molar refractivity (Wildman–Crippen MR) is 120 cm³/mol. The predicted octanol–water partition coefficient (Wildman–Crippen LogP) is 4.26. The van der Waals surface area contributed by atoms with Gasteiger partial charge in [-0.2, -0.15) is 5.26 Å². The van der Waals surface area contributed by atoms with Crippen molar-refractivity contribution in [3.05, 3.63) is 23.8 Å². The van der Waals surface area contributed by atoms with Crippen molar-refractivity contribution in [1.29, 1.82) is 5.26 Å². The average molecular weight is 426 g/mol. The largest absolute Gasteiger partial charge is 0.489 e. The molecule has 1 rings (SSSR count). The van der Waals surface area contributed by atoms with Gasteiger partial charge in [-0.25, -0.2) is 0 Å². The van der Waals surface area contributed by atoms with E-state index in [4.69, 9.17) is 4.74 Å². The molecule has 164 valence electrons. The molecule has 0 fully saturated rings. The third-order valence-corrected chi connectivity index (χ3v) is 4.62. The molecule has 3 N–H and O–H groups in total. The first-order chi connectivity index (χ1) is 13.2. The van der Waals surface area contributed by atoms with Crippen LogP contribution in [0.1, 0.15) is 65.9 Å². The first-order valence-electron chi connectivity index (χ1n) is 10.1. The topological polar surface area (TPSA) is 94.4 Å². The fraction of sp³-hybridized carbons (Fsp3) is 0.636. The number of halogens is 1. The van der Waals surface area contributed by atoms with Crippen LogP contribution < -0.4 is 15.4 Å². The standard InChI is InChI=1S/C22H35N3O3.ClH/c1-6-16(7-2)8-11-21(27)25-18-9-10-20(17(12-18)13-23)28-15-19(26)14-24-22(3,4)5;/h9-10,12,16,19,24,26H,6-8,11,14-15H2,1-5H3,(H,25,27);1H. The van der Waals surface area contributed by atoms with Gasteiger partial charge in [-0.1, -0.05) is 26.7 Å². The number of hydrogen-bond donors (Lipinski definition) is 3. The minimum absolute atomic E-state index is 0. The number of benzene rings is 1. The van der Waals surface area contributed by atoms with Crippen molar-refractivity contribution in [1.82, 2.24) is 5.32 Å². The van der Waals surface area contributed by atoms with Crippen molar-refractivity contribution in [2.24, 2.45) is 5.92 Å². The highest BCUT2D eigenvalue weighted by Crippen LogP contribution is 2.23. The van der Waals surface area contributed by atoms with Gasteiger partial charge in [-0.05, 0) is 51.3 Å². The molecular weight excluding hydrogens is 390 g/mol. The van der Waals surface area contributed by atoms with Gasteiger partial charge in [0, 0.05) is 24.2 Å². The van der Waals surface area contributed by atoms with Gasteiger partial charge in [-0.3, -0.25) is 4.79 Å². The molecule has 1 atom stereocenters. The summed E-state index contributed by atoms with van der Waals surface area (Å²) in [5, 5.41) is 25.4. The number of carbonyl (C=O) groups excluding carboxylic acids is 1. The number of nitriles is 1.